The second kappa shape index (κ2) is 13.8. The van der Waals surface area contributed by atoms with Crippen LogP contribution in [0.15, 0.2) is 41.3 Å². The van der Waals surface area contributed by atoms with Crippen LogP contribution in [0, 0.1) is 5.82 Å². The molecule has 2 aromatic rings. The van der Waals surface area contributed by atoms with Crippen molar-refractivity contribution in [2.24, 2.45) is 0 Å². The third kappa shape index (κ3) is 7.66. The third-order valence-electron chi connectivity index (χ3n) is 8.93. The van der Waals surface area contributed by atoms with E-state index in [1.54, 1.807) is 11.9 Å². The van der Waals surface area contributed by atoms with Crippen LogP contribution in [-0.2, 0) is 20.9 Å². The maximum absolute atomic E-state index is 15.4. The average Bonchev–Trinajstić information content (AvgIpc) is 3.25. The van der Waals surface area contributed by atoms with Crippen LogP contribution in [0.4, 0.5) is 14.9 Å². The minimum atomic E-state index is -1.10. The Labute approximate surface area is 283 Å². The number of amides is 5. The van der Waals surface area contributed by atoms with Crippen LogP contribution in [-0.4, -0.2) is 101 Å². The zero-order valence-corrected chi connectivity index (χ0v) is 28.2. The standard InChI is InChI=1S/C34H41FN6O6S/c1-34(2,3)47-33(46)36-22-9-11-40(12-10-22)48-23-6-4-5-21(17-23)20-38-13-15-39(16-14-38)28-19-25-24(18-26(28)35)31(44)41(32(25)45)27-7-8-29(42)37-30(27)43/h4-6,17-19,22,27H,7-16,20H2,1-3H3,(H,36,46)(H,37,42,43). The van der Waals surface area contributed by atoms with Gasteiger partial charge in [0.1, 0.15) is 17.5 Å². The quantitative estimate of drug-likeness (QED) is 0.331. The van der Waals surface area contributed by atoms with E-state index < -0.39 is 41.1 Å². The fourth-order valence-corrected chi connectivity index (χ4v) is 7.58. The summed E-state index contributed by atoms with van der Waals surface area (Å²) in [5, 5.41) is 5.16. The molecule has 48 heavy (non-hydrogen) atoms. The van der Waals surface area contributed by atoms with E-state index in [9.17, 15) is 24.0 Å². The summed E-state index contributed by atoms with van der Waals surface area (Å²) in [6.07, 6.45) is 1.40. The lowest BCUT2D eigenvalue weighted by Gasteiger charge is -2.36. The first-order chi connectivity index (χ1) is 22.8. The van der Waals surface area contributed by atoms with Gasteiger partial charge in [-0.05, 0) is 81.8 Å². The predicted octanol–water partition coefficient (Wildman–Crippen LogP) is 3.55. The maximum atomic E-state index is 15.4. The van der Waals surface area contributed by atoms with Crippen molar-refractivity contribution in [2.45, 2.75) is 75.6 Å². The number of hydrogen-bond acceptors (Lipinski definition) is 10. The van der Waals surface area contributed by atoms with E-state index in [0.29, 0.717) is 26.2 Å². The molecule has 0 bridgehead atoms. The smallest absolute Gasteiger partial charge is 0.407 e. The van der Waals surface area contributed by atoms with Crippen LogP contribution in [0.2, 0.25) is 0 Å². The van der Waals surface area contributed by atoms with Crippen molar-refractivity contribution < 1.29 is 33.1 Å². The number of piperazine rings is 1. The summed E-state index contributed by atoms with van der Waals surface area (Å²) >= 11 is 1.72. The first-order valence-electron chi connectivity index (χ1n) is 16.4. The zero-order valence-electron chi connectivity index (χ0n) is 27.4. The van der Waals surface area contributed by atoms with Crippen molar-refractivity contribution in [3.8, 4) is 0 Å². The number of carbonyl (C=O) groups excluding carboxylic acids is 5. The molecule has 0 aliphatic carbocycles. The Hall–Kier alpha value is -4.01. The number of rotatable bonds is 7. The SMILES string of the molecule is CC(C)(C)OC(=O)NC1CCN(Sc2cccc(CN3CCN(c4cc5c(cc4F)C(=O)N(C4CCC(=O)NC4=O)C5=O)CC3)c2)CC1. The van der Waals surface area contributed by atoms with Gasteiger partial charge in [-0.2, -0.15) is 0 Å². The number of imide groups is 2. The number of piperidine rings is 2. The molecule has 2 aromatic carbocycles. The van der Waals surface area contributed by atoms with Crippen LogP contribution >= 0.6 is 11.9 Å². The highest BCUT2D eigenvalue weighted by Crippen LogP contribution is 2.33. The van der Waals surface area contributed by atoms with E-state index in [1.165, 1.54) is 11.6 Å². The number of nitrogens with zero attached hydrogens (tertiary/aromatic N) is 4. The third-order valence-corrected chi connectivity index (χ3v) is 10.0. The highest BCUT2D eigenvalue weighted by molar-refractivity contribution is 7.97. The van der Waals surface area contributed by atoms with E-state index in [2.05, 4.69) is 44.1 Å². The fraction of sp³-hybridized carbons (Fsp3) is 0.500. The lowest BCUT2D eigenvalue weighted by molar-refractivity contribution is -0.136. The molecule has 6 rings (SSSR count). The molecule has 0 saturated carbocycles. The molecule has 256 valence electrons. The van der Waals surface area contributed by atoms with E-state index >= 15 is 4.39 Å². The van der Waals surface area contributed by atoms with E-state index in [0.717, 1.165) is 48.3 Å². The van der Waals surface area contributed by atoms with Gasteiger partial charge in [-0.15, -0.1) is 0 Å². The topological polar surface area (TPSA) is 132 Å². The molecule has 4 aliphatic rings. The number of benzene rings is 2. The lowest BCUT2D eigenvalue weighted by atomic mass is 10.0. The van der Waals surface area contributed by atoms with Gasteiger partial charge in [-0.25, -0.2) is 13.5 Å². The van der Waals surface area contributed by atoms with Gasteiger partial charge in [0.05, 0.1) is 16.8 Å². The Balaban J connectivity index is 1.00. The Kier molecular flexibility index (Phi) is 9.77. The normalized spacial score (nSPS) is 21.4. The van der Waals surface area contributed by atoms with Crippen molar-refractivity contribution in [2.75, 3.05) is 44.2 Å². The Morgan fingerprint density at radius 1 is 0.958 bits per heavy atom. The van der Waals surface area contributed by atoms with Crippen molar-refractivity contribution in [1.82, 2.24) is 24.7 Å². The molecule has 0 radical (unpaired) electrons. The zero-order chi connectivity index (χ0) is 34.2. The molecule has 0 spiro atoms. The van der Waals surface area contributed by atoms with Gasteiger partial charge in [0.15, 0.2) is 0 Å². The van der Waals surface area contributed by atoms with Crippen molar-refractivity contribution in [3.05, 3.63) is 58.9 Å². The van der Waals surface area contributed by atoms with Gasteiger partial charge in [0.2, 0.25) is 11.8 Å². The number of hydrogen-bond donors (Lipinski definition) is 2. The van der Waals surface area contributed by atoms with Crippen molar-refractivity contribution >= 4 is 47.4 Å². The van der Waals surface area contributed by atoms with Crippen LogP contribution in [0.25, 0.3) is 0 Å². The van der Waals surface area contributed by atoms with Gasteiger partial charge in [-0.1, -0.05) is 12.1 Å². The lowest BCUT2D eigenvalue weighted by Crippen LogP contribution is -2.54. The summed E-state index contributed by atoms with van der Waals surface area (Å²) in [5.41, 5.74) is 0.916. The molecular weight excluding hydrogens is 639 g/mol. The first-order valence-corrected chi connectivity index (χ1v) is 17.2. The molecular formula is C34H41FN6O6S. The van der Waals surface area contributed by atoms with E-state index in [1.807, 2.05) is 25.7 Å². The van der Waals surface area contributed by atoms with Gasteiger partial charge in [0.25, 0.3) is 11.8 Å². The molecule has 0 aromatic heterocycles. The molecule has 3 saturated heterocycles. The van der Waals surface area contributed by atoms with Crippen molar-refractivity contribution in [3.63, 3.8) is 0 Å². The monoisotopic (exact) mass is 680 g/mol. The molecule has 12 nitrogen and oxygen atoms in total. The summed E-state index contributed by atoms with van der Waals surface area (Å²) in [5.74, 6) is -3.11. The van der Waals surface area contributed by atoms with Crippen LogP contribution in [0.1, 0.15) is 72.7 Å². The highest BCUT2D eigenvalue weighted by Gasteiger charge is 2.45. The van der Waals surface area contributed by atoms with E-state index in [-0.39, 0.29) is 41.8 Å². The van der Waals surface area contributed by atoms with Gasteiger partial charge < -0.3 is 15.0 Å². The number of nitrogens with one attached hydrogen (secondary N) is 2. The number of anilines is 1. The molecule has 5 amide bonds. The minimum Gasteiger partial charge on any atom is -0.444 e. The number of carbonyl (C=O) groups is 5. The first kappa shape index (κ1) is 33.9. The number of alkyl carbamates (subject to hydrolysis) is 1. The summed E-state index contributed by atoms with van der Waals surface area (Å²) in [7, 11) is 0. The second-order valence-electron chi connectivity index (χ2n) is 13.6. The van der Waals surface area contributed by atoms with Crippen LogP contribution < -0.4 is 15.5 Å². The molecule has 1 atom stereocenters. The maximum Gasteiger partial charge on any atom is 0.407 e. The van der Waals surface area contributed by atoms with Gasteiger partial charge >= 0.3 is 6.09 Å². The Morgan fingerprint density at radius 3 is 2.31 bits per heavy atom. The summed E-state index contributed by atoms with van der Waals surface area (Å²) < 4.78 is 23.1. The summed E-state index contributed by atoms with van der Waals surface area (Å²) in [4.78, 5) is 68.5. The molecule has 1 unspecified atom stereocenters. The average molecular weight is 681 g/mol. The largest absolute Gasteiger partial charge is 0.444 e. The second-order valence-corrected chi connectivity index (χ2v) is 14.8. The highest BCUT2D eigenvalue weighted by atomic mass is 32.2. The predicted molar refractivity (Wildman–Crippen MR) is 177 cm³/mol. The Morgan fingerprint density at radius 2 is 1.65 bits per heavy atom. The van der Waals surface area contributed by atoms with Crippen LogP contribution in [0.5, 0.6) is 0 Å². The molecule has 4 aliphatic heterocycles. The summed E-state index contributed by atoms with van der Waals surface area (Å²) in [6.45, 7) is 10.4. The molecule has 2 N–H and O–H groups in total. The molecule has 14 heteroatoms. The van der Waals surface area contributed by atoms with Crippen LogP contribution in [0.3, 0.4) is 0 Å². The fourth-order valence-electron chi connectivity index (χ4n) is 6.54. The Bertz CT molecular complexity index is 1620. The number of halogens is 1. The summed E-state index contributed by atoms with van der Waals surface area (Å²) in [6, 6.07) is 9.96. The number of ether oxygens (including phenoxy) is 1. The number of fused-ring (bicyclic) bond motifs is 1. The molecule has 4 heterocycles. The minimum absolute atomic E-state index is 0.0201. The van der Waals surface area contributed by atoms with Gasteiger partial charge in [0, 0.05) is 63.2 Å². The van der Waals surface area contributed by atoms with Gasteiger partial charge in [-0.3, -0.25) is 34.3 Å². The van der Waals surface area contributed by atoms with E-state index in [4.69, 9.17) is 4.74 Å². The van der Waals surface area contributed by atoms with Crippen molar-refractivity contribution in [1.29, 1.82) is 0 Å². The molecule has 3 fully saturated rings.